The topological polar surface area (TPSA) is 35.5 Å². The van der Waals surface area contributed by atoms with Crippen molar-refractivity contribution in [3.05, 3.63) is 58.1 Å². The standard InChI is InChI=1S/C17H17BrO3/c1-3-20-15-9-8-13(11-16(15)21-4-2)17(19)12-6-5-7-14(18)10-12/h5-11H,3-4H2,1-2H3. The molecule has 0 heterocycles. The monoisotopic (exact) mass is 348 g/mol. The van der Waals surface area contributed by atoms with E-state index in [1.54, 1.807) is 30.3 Å². The lowest BCUT2D eigenvalue weighted by Crippen LogP contribution is -2.04. The van der Waals surface area contributed by atoms with Crippen molar-refractivity contribution < 1.29 is 14.3 Å². The Morgan fingerprint density at radius 3 is 2.29 bits per heavy atom. The lowest BCUT2D eigenvalue weighted by Gasteiger charge is -2.12. The third-order valence-corrected chi connectivity index (χ3v) is 3.39. The highest BCUT2D eigenvalue weighted by Crippen LogP contribution is 2.29. The Hall–Kier alpha value is -1.81. The van der Waals surface area contributed by atoms with Crippen LogP contribution >= 0.6 is 15.9 Å². The van der Waals surface area contributed by atoms with E-state index in [2.05, 4.69) is 15.9 Å². The Kier molecular flexibility index (Phi) is 5.39. The van der Waals surface area contributed by atoms with Crippen LogP contribution in [0.1, 0.15) is 29.8 Å². The Morgan fingerprint density at radius 2 is 1.62 bits per heavy atom. The molecule has 3 nitrogen and oxygen atoms in total. The maximum atomic E-state index is 12.5. The second kappa shape index (κ2) is 7.27. The number of benzene rings is 2. The van der Waals surface area contributed by atoms with Crippen molar-refractivity contribution in [3.63, 3.8) is 0 Å². The second-order valence-electron chi connectivity index (χ2n) is 4.37. The van der Waals surface area contributed by atoms with Gasteiger partial charge in [-0.1, -0.05) is 28.1 Å². The summed E-state index contributed by atoms with van der Waals surface area (Å²) in [6, 6.07) is 12.6. The van der Waals surface area contributed by atoms with E-state index >= 15 is 0 Å². The van der Waals surface area contributed by atoms with E-state index in [1.807, 2.05) is 26.0 Å². The van der Waals surface area contributed by atoms with Gasteiger partial charge in [-0.25, -0.2) is 0 Å². The van der Waals surface area contributed by atoms with Gasteiger partial charge in [-0.15, -0.1) is 0 Å². The summed E-state index contributed by atoms with van der Waals surface area (Å²) < 4.78 is 11.9. The van der Waals surface area contributed by atoms with Crippen LogP contribution in [-0.4, -0.2) is 19.0 Å². The number of hydrogen-bond acceptors (Lipinski definition) is 3. The van der Waals surface area contributed by atoms with Crippen molar-refractivity contribution in [3.8, 4) is 11.5 Å². The van der Waals surface area contributed by atoms with Crippen LogP contribution in [0.2, 0.25) is 0 Å². The molecule has 0 aliphatic carbocycles. The number of ether oxygens (including phenoxy) is 2. The van der Waals surface area contributed by atoms with E-state index in [0.29, 0.717) is 35.8 Å². The Balaban J connectivity index is 2.35. The van der Waals surface area contributed by atoms with Gasteiger partial charge < -0.3 is 9.47 Å². The average Bonchev–Trinajstić information content (AvgIpc) is 2.49. The summed E-state index contributed by atoms with van der Waals surface area (Å²) in [5.74, 6) is 1.21. The van der Waals surface area contributed by atoms with Crippen LogP contribution in [0.3, 0.4) is 0 Å². The summed E-state index contributed by atoms with van der Waals surface area (Å²) in [5, 5.41) is 0. The van der Waals surface area contributed by atoms with Gasteiger partial charge >= 0.3 is 0 Å². The van der Waals surface area contributed by atoms with Crippen LogP contribution < -0.4 is 9.47 Å². The van der Waals surface area contributed by atoms with Crippen molar-refractivity contribution in [2.24, 2.45) is 0 Å². The zero-order valence-corrected chi connectivity index (χ0v) is 13.6. The van der Waals surface area contributed by atoms with Gasteiger partial charge in [0.05, 0.1) is 13.2 Å². The number of rotatable bonds is 6. The maximum Gasteiger partial charge on any atom is 0.193 e. The fraction of sp³-hybridized carbons (Fsp3) is 0.235. The van der Waals surface area contributed by atoms with Crippen molar-refractivity contribution in [1.29, 1.82) is 0 Å². The molecule has 21 heavy (non-hydrogen) atoms. The molecule has 2 aromatic carbocycles. The van der Waals surface area contributed by atoms with Crippen LogP contribution in [0.25, 0.3) is 0 Å². The molecule has 0 aromatic heterocycles. The Bertz CT molecular complexity index is 638. The molecule has 0 saturated heterocycles. The zero-order valence-electron chi connectivity index (χ0n) is 12.1. The van der Waals surface area contributed by atoms with E-state index in [9.17, 15) is 4.79 Å². The molecule has 0 radical (unpaired) electrons. The average molecular weight is 349 g/mol. The number of carbonyl (C=O) groups is 1. The van der Waals surface area contributed by atoms with Crippen LogP contribution in [0.4, 0.5) is 0 Å². The molecule has 0 aliphatic heterocycles. The predicted molar refractivity (Wildman–Crippen MR) is 86.4 cm³/mol. The van der Waals surface area contributed by atoms with Crippen LogP contribution in [-0.2, 0) is 0 Å². The zero-order chi connectivity index (χ0) is 15.2. The smallest absolute Gasteiger partial charge is 0.193 e. The number of halogens is 1. The molecule has 0 spiro atoms. The normalized spacial score (nSPS) is 10.2. The van der Waals surface area contributed by atoms with E-state index in [-0.39, 0.29) is 5.78 Å². The highest BCUT2D eigenvalue weighted by molar-refractivity contribution is 9.10. The molecule has 0 unspecified atom stereocenters. The lowest BCUT2D eigenvalue weighted by molar-refractivity contribution is 0.103. The van der Waals surface area contributed by atoms with Gasteiger partial charge in [0.15, 0.2) is 17.3 Å². The summed E-state index contributed by atoms with van der Waals surface area (Å²) >= 11 is 3.38. The van der Waals surface area contributed by atoms with Gasteiger partial charge in [0.1, 0.15) is 0 Å². The summed E-state index contributed by atoms with van der Waals surface area (Å²) in [6.45, 7) is 4.89. The molecular formula is C17H17BrO3. The Labute approximate surface area is 133 Å². The van der Waals surface area contributed by atoms with E-state index in [1.165, 1.54) is 0 Å². The fourth-order valence-electron chi connectivity index (χ4n) is 1.99. The SMILES string of the molecule is CCOc1ccc(C(=O)c2cccc(Br)c2)cc1OCC. The van der Waals surface area contributed by atoms with Gasteiger partial charge in [0, 0.05) is 15.6 Å². The first-order chi connectivity index (χ1) is 10.2. The predicted octanol–water partition coefficient (Wildman–Crippen LogP) is 4.48. The van der Waals surface area contributed by atoms with Gasteiger partial charge in [-0.3, -0.25) is 4.79 Å². The minimum Gasteiger partial charge on any atom is -0.490 e. The summed E-state index contributed by atoms with van der Waals surface area (Å²) in [4.78, 5) is 12.5. The number of carbonyl (C=O) groups excluding carboxylic acids is 1. The van der Waals surface area contributed by atoms with E-state index in [4.69, 9.17) is 9.47 Å². The van der Waals surface area contributed by atoms with Gasteiger partial charge in [-0.2, -0.15) is 0 Å². The third-order valence-electron chi connectivity index (χ3n) is 2.89. The summed E-state index contributed by atoms with van der Waals surface area (Å²) in [5.41, 5.74) is 1.22. The first-order valence-corrected chi connectivity index (χ1v) is 7.65. The van der Waals surface area contributed by atoms with Crippen molar-refractivity contribution in [2.75, 3.05) is 13.2 Å². The minimum absolute atomic E-state index is 0.0414. The number of hydrogen-bond donors (Lipinski definition) is 0. The lowest BCUT2D eigenvalue weighted by atomic mass is 10.0. The molecule has 0 bridgehead atoms. The van der Waals surface area contributed by atoms with Gasteiger partial charge in [0.2, 0.25) is 0 Å². The quantitative estimate of drug-likeness (QED) is 0.722. The molecule has 0 atom stereocenters. The largest absolute Gasteiger partial charge is 0.490 e. The molecule has 4 heteroatoms. The van der Waals surface area contributed by atoms with Crippen LogP contribution in [0.15, 0.2) is 46.9 Å². The molecule has 0 aliphatic rings. The molecular weight excluding hydrogens is 332 g/mol. The molecule has 0 N–H and O–H groups in total. The van der Waals surface area contributed by atoms with Crippen LogP contribution in [0, 0.1) is 0 Å². The van der Waals surface area contributed by atoms with Gasteiger partial charge in [0.25, 0.3) is 0 Å². The van der Waals surface area contributed by atoms with Crippen molar-refractivity contribution in [2.45, 2.75) is 13.8 Å². The minimum atomic E-state index is -0.0414. The Morgan fingerprint density at radius 1 is 0.952 bits per heavy atom. The molecule has 0 amide bonds. The van der Waals surface area contributed by atoms with E-state index < -0.39 is 0 Å². The molecule has 2 rings (SSSR count). The number of ketones is 1. The summed E-state index contributed by atoms with van der Waals surface area (Å²) in [6.07, 6.45) is 0. The highest BCUT2D eigenvalue weighted by atomic mass is 79.9. The van der Waals surface area contributed by atoms with Crippen molar-refractivity contribution in [1.82, 2.24) is 0 Å². The maximum absolute atomic E-state index is 12.5. The highest BCUT2D eigenvalue weighted by Gasteiger charge is 2.13. The molecule has 0 saturated carbocycles. The first kappa shape index (κ1) is 15.6. The molecule has 110 valence electrons. The third kappa shape index (κ3) is 3.85. The molecule has 2 aromatic rings. The summed E-state index contributed by atoms with van der Waals surface area (Å²) in [7, 11) is 0. The van der Waals surface area contributed by atoms with Crippen molar-refractivity contribution >= 4 is 21.7 Å². The van der Waals surface area contributed by atoms with Crippen LogP contribution in [0.5, 0.6) is 11.5 Å². The molecule has 0 fully saturated rings. The van der Waals surface area contributed by atoms with Gasteiger partial charge in [-0.05, 0) is 44.2 Å². The first-order valence-electron chi connectivity index (χ1n) is 6.85. The second-order valence-corrected chi connectivity index (χ2v) is 5.28. The van der Waals surface area contributed by atoms with E-state index in [0.717, 1.165) is 4.47 Å². The fourth-order valence-corrected chi connectivity index (χ4v) is 2.39.